The number of phenols is 1. The van der Waals surface area contributed by atoms with Crippen LogP contribution in [0.1, 0.15) is 65.6 Å². The predicted octanol–water partition coefficient (Wildman–Crippen LogP) is 4.29. The van der Waals surface area contributed by atoms with Gasteiger partial charge in [-0.1, -0.05) is 42.5 Å². The lowest BCUT2D eigenvalue weighted by Gasteiger charge is -2.42. The Morgan fingerprint density at radius 1 is 0.943 bits per heavy atom. The normalized spacial score (nSPS) is 13.3. The summed E-state index contributed by atoms with van der Waals surface area (Å²) in [5.74, 6) is -0.783. The van der Waals surface area contributed by atoms with Crippen molar-refractivity contribution in [2.75, 3.05) is 0 Å². The number of benzene rings is 2. The number of hydrogen-bond acceptors (Lipinski definition) is 5. The summed E-state index contributed by atoms with van der Waals surface area (Å²) in [6.07, 6.45) is -0.720. The second kappa shape index (κ2) is 11.3. The average Bonchev–Trinajstić information content (AvgIpc) is 2.74. The van der Waals surface area contributed by atoms with Gasteiger partial charge < -0.3 is 25.4 Å². The van der Waals surface area contributed by atoms with Gasteiger partial charge >= 0.3 is 6.09 Å². The van der Waals surface area contributed by atoms with Crippen LogP contribution in [0.5, 0.6) is 5.75 Å². The van der Waals surface area contributed by atoms with E-state index >= 15 is 0 Å². The summed E-state index contributed by atoms with van der Waals surface area (Å²) >= 11 is 0. The van der Waals surface area contributed by atoms with Crippen LogP contribution in [0.2, 0.25) is 0 Å². The van der Waals surface area contributed by atoms with Crippen LogP contribution >= 0.6 is 0 Å². The van der Waals surface area contributed by atoms with Gasteiger partial charge in [0.1, 0.15) is 23.4 Å². The van der Waals surface area contributed by atoms with E-state index in [0.717, 1.165) is 5.56 Å². The summed E-state index contributed by atoms with van der Waals surface area (Å²) in [5.41, 5.74) is -0.0595. The van der Waals surface area contributed by atoms with Crippen molar-refractivity contribution in [1.82, 2.24) is 15.5 Å². The van der Waals surface area contributed by atoms with Crippen molar-refractivity contribution in [3.63, 3.8) is 0 Å². The highest BCUT2D eigenvalue weighted by Crippen LogP contribution is 2.31. The number of nitrogens with zero attached hydrogens (tertiary/aromatic N) is 1. The van der Waals surface area contributed by atoms with Crippen LogP contribution in [0.3, 0.4) is 0 Å². The van der Waals surface area contributed by atoms with E-state index in [4.69, 9.17) is 4.74 Å². The van der Waals surface area contributed by atoms with Crippen LogP contribution in [-0.4, -0.2) is 45.1 Å². The topological polar surface area (TPSA) is 108 Å². The molecule has 0 saturated heterocycles. The largest absolute Gasteiger partial charge is 0.508 e. The second-order valence-corrected chi connectivity index (χ2v) is 10.4. The Balaban J connectivity index is 2.39. The van der Waals surface area contributed by atoms with Gasteiger partial charge in [0, 0.05) is 12.1 Å². The third kappa shape index (κ3) is 8.31. The molecular formula is C27H37N3O5. The molecule has 2 atom stereocenters. The second-order valence-electron chi connectivity index (χ2n) is 10.4. The highest BCUT2D eigenvalue weighted by atomic mass is 16.6. The quantitative estimate of drug-likeness (QED) is 0.545. The van der Waals surface area contributed by atoms with Gasteiger partial charge in [-0.15, -0.1) is 0 Å². The van der Waals surface area contributed by atoms with Gasteiger partial charge in [0.2, 0.25) is 11.8 Å². The van der Waals surface area contributed by atoms with Crippen LogP contribution in [0.15, 0.2) is 54.6 Å². The number of nitrogens with one attached hydrogen (secondary N) is 2. The molecule has 0 fully saturated rings. The third-order valence-corrected chi connectivity index (χ3v) is 5.09. The number of carbonyl (C=O) groups is 3. The zero-order valence-electron chi connectivity index (χ0n) is 21.6. The molecule has 0 radical (unpaired) electrons. The Labute approximate surface area is 207 Å². The first-order valence-electron chi connectivity index (χ1n) is 11.6. The predicted molar refractivity (Wildman–Crippen MR) is 135 cm³/mol. The molecule has 35 heavy (non-hydrogen) atoms. The summed E-state index contributed by atoms with van der Waals surface area (Å²) in [6.45, 7) is 12.5. The van der Waals surface area contributed by atoms with Crippen molar-refractivity contribution in [2.45, 2.75) is 78.2 Å². The molecule has 0 saturated carbocycles. The van der Waals surface area contributed by atoms with Crippen molar-refractivity contribution in [2.24, 2.45) is 0 Å². The van der Waals surface area contributed by atoms with E-state index in [1.54, 1.807) is 39.8 Å². The fraction of sp³-hybridized carbons (Fsp3) is 0.444. The molecule has 2 aromatic carbocycles. The molecule has 0 aliphatic rings. The maximum Gasteiger partial charge on any atom is 0.408 e. The van der Waals surface area contributed by atoms with Gasteiger partial charge in [-0.05, 0) is 71.7 Å². The van der Waals surface area contributed by atoms with Crippen molar-refractivity contribution in [3.8, 4) is 5.75 Å². The van der Waals surface area contributed by atoms with E-state index < -0.39 is 35.2 Å². The number of aromatic hydroxyl groups is 1. The highest BCUT2D eigenvalue weighted by Gasteiger charge is 2.40. The monoisotopic (exact) mass is 483 g/mol. The lowest BCUT2D eigenvalue weighted by molar-refractivity contribution is -0.148. The van der Waals surface area contributed by atoms with E-state index in [1.807, 2.05) is 51.1 Å². The lowest BCUT2D eigenvalue weighted by atomic mass is 9.95. The van der Waals surface area contributed by atoms with Gasteiger partial charge in [0.05, 0.1) is 0 Å². The minimum atomic E-state index is -1.00. The number of phenolic OH excluding ortho intramolecular Hbond substituents is 1. The number of alkyl carbamates (subject to hydrolysis) is 1. The van der Waals surface area contributed by atoms with Crippen LogP contribution in [0.4, 0.5) is 4.79 Å². The molecule has 0 aromatic heterocycles. The van der Waals surface area contributed by atoms with Crippen LogP contribution < -0.4 is 10.6 Å². The summed E-state index contributed by atoms with van der Waals surface area (Å²) in [5, 5.41) is 15.3. The highest BCUT2D eigenvalue weighted by molar-refractivity contribution is 5.92. The van der Waals surface area contributed by atoms with E-state index in [2.05, 4.69) is 10.6 Å². The summed E-state index contributed by atoms with van der Waals surface area (Å²) in [4.78, 5) is 41.0. The Bertz CT molecular complexity index is 1010. The number of carbonyl (C=O) groups excluding carboxylic acids is 3. The van der Waals surface area contributed by atoms with E-state index in [1.165, 1.54) is 17.0 Å². The summed E-state index contributed by atoms with van der Waals surface area (Å²) in [6, 6.07) is 13.7. The molecule has 8 nitrogen and oxygen atoms in total. The number of hydrogen-bond donors (Lipinski definition) is 3. The van der Waals surface area contributed by atoms with Crippen molar-refractivity contribution in [1.29, 1.82) is 0 Å². The van der Waals surface area contributed by atoms with Gasteiger partial charge in [-0.25, -0.2) is 4.79 Å². The molecule has 8 heteroatoms. The standard InChI is InChI=1S/C27H37N3O5/c1-18(29-25(34)35-27(5,6)7)24(33)30(26(2,3)4)22(20-13-15-21(31)16-14-20)23(32)28-17-19-11-9-8-10-12-19/h8-16,18,22,31H,17H2,1-7H3,(H,28,32)(H,29,34). The zero-order valence-corrected chi connectivity index (χ0v) is 21.6. The summed E-state index contributed by atoms with van der Waals surface area (Å²) < 4.78 is 5.29. The van der Waals surface area contributed by atoms with Crippen LogP contribution in [0, 0.1) is 0 Å². The average molecular weight is 484 g/mol. The zero-order chi connectivity index (χ0) is 26.4. The molecule has 0 spiro atoms. The smallest absolute Gasteiger partial charge is 0.408 e. The van der Waals surface area contributed by atoms with E-state index in [-0.39, 0.29) is 18.2 Å². The Morgan fingerprint density at radius 3 is 2.03 bits per heavy atom. The fourth-order valence-corrected chi connectivity index (χ4v) is 3.56. The number of ether oxygens (including phenoxy) is 1. The van der Waals surface area contributed by atoms with Gasteiger partial charge in [0.15, 0.2) is 0 Å². The first-order chi connectivity index (χ1) is 16.2. The molecule has 3 amide bonds. The Kier molecular flexibility index (Phi) is 8.90. The Morgan fingerprint density at radius 2 is 1.51 bits per heavy atom. The van der Waals surface area contributed by atoms with Gasteiger partial charge in [-0.3, -0.25) is 9.59 Å². The maximum absolute atomic E-state index is 13.7. The molecule has 0 aliphatic heterocycles. The lowest BCUT2D eigenvalue weighted by Crippen LogP contribution is -2.57. The fourth-order valence-electron chi connectivity index (χ4n) is 3.56. The Hall–Kier alpha value is -3.55. The van der Waals surface area contributed by atoms with Crippen molar-refractivity contribution >= 4 is 17.9 Å². The molecular weight excluding hydrogens is 446 g/mol. The molecule has 2 unspecified atom stereocenters. The van der Waals surface area contributed by atoms with Crippen molar-refractivity contribution < 1.29 is 24.2 Å². The molecule has 190 valence electrons. The van der Waals surface area contributed by atoms with E-state index in [9.17, 15) is 19.5 Å². The van der Waals surface area contributed by atoms with Gasteiger partial charge in [0.25, 0.3) is 0 Å². The SMILES string of the molecule is CC(NC(=O)OC(C)(C)C)C(=O)N(C(C(=O)NCc1ccccc1)c1ccc(O)cc1)C(C)(C)C. The molecule has 3 N–H and O–H groups in total. The van der Waals surface area contributed by atoms with Crippen molar-refractivity contribution in [3.05, 3.63) is 65.7 Å². The molecule has 2 rings (SSSR count). The summed E-state index contributed by atoms with van der Waals surface area (Å²) in [7, 11) is 0. The van der Waals surface area contributed by atoms with E-state index in [0.29, 0.717) is 5.56 Å². The molecule has 0 aliphatic carbocycles. The maximum atomic E-state index is 13.7. The minimum absolute atomic E-state index is 0.0470. The third-order valence-electron chi connectivity index (χ3n) is 5.09. The van der Waals surface area contributed by atoms with Crippen LogP contribution in [0.25, 0.3) is 0 Å². The molecule has 0 bridgehead atoms. The van der Waals surface area contributed by atoms with Crippen LogP contribution in [-0.2, 0) is 20.9 Å². The van der Waals surface area contributed by atoms with Gasteiger partial charge in [-0.2, -0.15) is 0 Å². The number of rotatable bonds is 7. The first-order valence-corrected chi connectivity index (χ1v) is 11.6. The molecule has 2 aromatic rings. The first kappa shape index (κ1) is 27.7. The number of amides is 3. The minimum Gasteiger partial charge on any atom is -0.508 e. The molecule has 0 heterocycles.